The van der Waals surface area contributed by atoms with Crippen LogP contribution in [-0.4, -0.2) is 38.2 Å². The van der Waals surface area contributed by atoms with E-state index in [4.69, 9.17) is 0 Å². The smallest absolute Gasteiger partial charge is 0.292 e. The zero-order valence-electron chi connectivity index (χ0n) is 11.5. The lowest BCUT2D eigenvalue weighted by molar-refractivity contribution is -0.384. The third-order valence-corrected chi connectivity index (χ3v) is 5.36. The molecule has 0 saturated carbocycles. The molecule has 0 bridgehead atoms. The molecule has 0 radical (unpaired) electrons. The SMILES string of the molecule is CCNS(=O)(=O)C1CCN(c2cc(F)ccc2[N+](=O)[O-])C1. The van der Waals surface area contributed by atoms with Crippen LogP contribution in [-0.2, 0) is 10.0 Å². The summed E-state index contributed by atoms with van der Waals surface area (Å²) in [6.45, 7) is 2.42. The molecule has 1 fully saturated rings. The van der Waals surface area contributed by atoms with Crippen LogP contribution in [0.1, 0.15) is 13.3 Å². The van der Waals surface area contributed by atoms with Gasteiger partial charge in [0.2, 0.25) is 10.0 Å². The number of nitro groups is 1. The van der Waals surface area contributed by atoms with Crippen molar-refractivity contribution < 1.29 is 17.7 Å². The standard InChI is InChI=1S/C12H16FN3O4S/c1-2-14-21(19,20)10-5-6-15(8-10)12-7-9(13)3-4-11(12)16(17)18/h3-4,7,10,14H,2,5-6,8H2,1H3. The average Bonchev–Trinajstić information content (AvgIpc) is 2.88. The van der Waals surface area contributed by atoms with E-state index in [0.29, 0.717) is 19.5 Å². The number of nitrogens with zero attached hydrogens (tertiary/aromatic N) is 2. The monoisotopic (exact) mass is 317 g/mol. The van der Waals surface area contributed by atoms with Gasteiger partial charge >= 0.3 is 0 Å². The van der Waals surface area contributed by atoms with Crippen molar-refractivity contribution in [2.45, 2.75) is 18.6 Å². The zero-order valence-corrected chi connectivity index (χ0v) is 12.3. The lowest BCUT2D eigenvalue weighted by Crippen LogP contribution is -2.36. The van der Waals surface area contributed by atoms with E-state index in [1.807, 2.05) is 0 Å². The zero-order chi connectivity index (χ0) is 15.6. The number of anilines is 1. The Bertz CT molecular complexity index is 650. The number of hydrogen-bond acceptors (Lipinski definition) is 5. The lowest BCUT2D eigenvalue weighted by Gasteiger charge is -2.18. The van der Waals surface area contributed by atoms with Gasteiger partial charge in [-0.2, -0.15) is 0 Å². The largest absolute Gasteiger partial charge is 0.365 e. The molecule has 1 N–H and O–H groups in total. The van der Waals surface area contributed by atoms with Gasteiger partial charge in [-0.25, -0.2) is 17.5 Å². The van der Waals surface area contributed by atoms with E-state index in [1.165, 1.54) is 0 Å². The minimum absolute atomic E-state index is 0.111. The molecule has 1 aromatic rings. The van der Waals surface area contributed by atoms with E-state index in [1.54, 1.807) is 11.8 Å². The highest BCUT2D eigenvalue weighted by molar-refractivity contribution is 7.90. The Labute approximate surface area is 122 Å². The van der Waals surface area contributed by atoms with Crippen LogP contribution >= 0.6 is 0 Å². The second kappa shape index (κ2) is 5.94. The first-order valence-corrected chi connectivity index (χ1v) is 8.07. The van der Waals surface area contributed by atoms with E-state index in [2.05, 4.69) is 4.72 Å². The third-order valence-electron chi connectivity index (χ3n) is 3.40. The number of halogens is 1. The second-order valence-corrected chi connectivity index (χ2v) is 6.84. The fourth-order valence-corrected chi connectivity index (χ4v) is 3.85. The Morgan fingerprint density at radius 1 is 1.52 bits per heavy atom. The Hall–Kier alpha value is -1.74. The Kier molecular flexibility index (Phi) is 4.43. The molecule has 1 atom stereocenters. The Morgan fingerprint density at radius 2 is 2.24 bits per heavy atom. The van der Waals surface area contributed by atoms with E-state index in [-0.39, 0.29) is 17.9 Å². The highest BCUT2D eigenvalue weighted by atomic mass is 32.2. The minimum atomic E-state index is -3.45. The number of nitrogens with one attached hydrogen (secondary N) is 1. The summed E-state index contributed by atoms with van der Waals surface area (Å²) in [7, 11) is -3.45. The molecular formula is C12H16FN3O4S. The Morgan fingerprint density at radius 3 is 2.86 bits per heavy atom. The Balaban J connectivity index is 2.26. The molecule has 2 rings (SSSR count). The van der Waals surface area contributed by atoms with Gasteiger partial charge in [0.15, 0.2) is 0 Å². The highest BCUT2D eigenvalue weighted by Crippen LogP contribution is 2.32. The van der Waals surface area contributed by atoms with Crippen LogP contribution in [0.2, 0.25) is 0 Å². The van der Waals surface area contributed by atoms with Crippen LogP contribution in [0, 0.1) is 15.9 Å². The van der Waals surface area contributed by atoms with E-state index in [0.717, 1.165) is 18.2 Å². The quantitative estimate of drug-likeness (QED) is 0.652. The van der Waals surface area contributed by atoms with E-state index >= 15 is 0 Å². The summed E-state index contributed by atoms with van der Waals surface area (Å²) in [4.78, 5) is 11.9. The van der Waals surface area contributed by atoms with Crippen molar-refractivity contribution in [3.63, 3.8) is 0 Å². The van der Waals surface area contributed by atoms with Gasteiger partial charge < -0.3 is 4.90 Å². The van der Waals surface area contributed by atoms with Gasteiger partial charge in [0.05, 0.1) is 10.2 Å². The van der Waals surface area contributed by atoms with Gasteiger partial charge in [-0.1, -0.05) is 6.92 Å². The lowest BCUT2D eigenvalue weighted by atomic mass is 10.2. The molecule has 0 aromatic heterocycles. The van der Waals surface area contributed by atoms with Crippen LogP contribution in [0.4, 0.5) is 15.8 Å². The molecule has 1 unspecified atom stereocenters. The first-order chi connectivity index (χ1) is 9.85. The van der Waals surface area contributed by atoms with Gasteiger partial charge in [0.25, 0.3) is 5.69 Å². The summed E-state index contributed by atoms with van der Waals surface area (Å²) in [6, 6.07) is 3.18. The molecule has 7 nitrogen and oxygen atoms in total. The maximum absolute atomic E-state index is 13.3. The number of benzene rings is 1. The molecule has 1 aliphatic heterocycles. The summed E-state index contributed by atoms with van der Waals surface area (Å²) in [6.07, 6.45) is 0.350. The molecule has 0 spiro atoms. The van der Waals surface area contributed by atoms with Crippen molar-refractivity contribution >= 4 is 21.4 Å². The molecule has 9 heteroatoms. The fourth-order valence-electron chi connectivity index (χ4n) is 2.42. The van der Waals surface area contributed by atoms with Gasteiger partial charge in [0.1, 0.15) is 11.5 Å². The van der Waals surface area contributed by atoms with Crippen LogP contribution < -0.4 is 9.62 Å². The van der Waals surface area contributed by atoms with Gasteiger partial charge in [-0.05, 0) is 12.5 Å². The number of sulfonamides is 1. The predicted octanol–water partition coefficient (Wildman–Crippen LogP) is 1.25. The maximum atomic E-state index is 13.3. The van der Waals surface area contributed by atoms with Crippen molar-refractivity contribution in [2.24, 2.45) is 0 Å². The number of hydrogen-bond donors (Lipinski definition) is 1. The first kappa shape index (κ1) is 15.6. The fraction of sp³-hybridized carbons (Fsp3) is 0.500. The van der Waals surface area contributed by atoms with Crippen molar-refractivity contribution in [3.8, 4) is 0 Å². The number of nitro benzene ring substituents is 1. The average molecular weight is 317 g/mol. The summed E-state index contributed by atoms with van der Waals surface area (Å²) >= 11 is 0. The van der Waals surface area contributed by atoms with Crippen molar-refractivity contribution in [1.82, 2.24) is 4.72 Å². The minimum Gasteiger partial charge on any atom is -0.365 e. The van der Waals surface area contributed by atoms with Gasteiger partial charge in [-0.3, -0.25) is 10.1 Å². The van der Waals surface area contributed by atoms with Gasteiger partial charge in [0, 0.05) is 31.8 Å². The van der Waals surface area contributed by atoms with Crippen molar-refractivity contribution in [3.05, 3.63) is 34.1 Å². The van der Waals surface area contributed by atoms with Crippen LogP contribution in [0.15, 0.2) is 18.2 Å². The van der Waals surface area contributed by atoms with Gasteiger partial charge in [-0.15, -0.1) is 0 Å². The molecule has 1 aromatic carbocycles. The molecule has 0 amide bonds. The third kappa shape index (κ3) is 3.30. The number of rotatable bonds is 5. The predicted molar refractivity (Wildman–Crippen MR) is 76.3 cm³/mol. The summed E-state index contributed by atoms with van der Waals surface area (Å²) in [5.41, 5.74) is -0.105. The molecule has 116 valence electrons. The van der Waals surface area contributed by atoms with Crippen molar-refractivity contribution in [1.29, 1.82) is 0 Å². The first-order valence-electron chi connectivity index (χ1n) is 6.52. The summed E-state index contributed by atoms with van der Waals surface area (Å²) < 4.78 is 39.7. The summed E-state index contributed by atoms with van der Waals surface area (Å²) in [5, 5.41) is 10.3. The normalized spacial score (nSPS) is 19.0. The second-order valence-electron chi connectivity index (χ2n) is 4.79. The molecule has 1 aliphatic rings. The molecular weight excluding hydrogens is 301 g/mol. The summed E-state index contributed by atoms with van der Waals surface area (Å²) in [5.74, 6) is -0.589. The van der Waals surface area contributed by atoms with E-state index in [9.17, 15) is 22.9 Å². The molecule has 1 heterocycles. The molecule has 21 heavy (non-hydrogen) atoms. The molecule has 0 aliphatic carbocycles. The van der Waals surface area contributed by atoms with Crippen molar-refractivity contribution in [2.75, 3.05) is 24.5 Å². The van der Waals surface area contributed by atoms with Crippen LogP contribution in [0.25, 0.3) is 0 Å². The van der Waals surface area contributed by atoms with E-state index < -0.39 is 26.0 Å². The topological polar surface area (TPSA) is 92.6 Å². The molecule has 1 saturated heterocycles. The highest BCUT2D eigenvalue weighted by Gasteiger charge is 2.35. The van der Waals surface area contributed by atoms with Crippen LogP contribution in [0.5, 0.6) is 0 Å². The van der Waals surface area contributed by atoms with Crippen LogP contribution in [0.3, 0.4) is 0 Å². The maximum Gasteiger partial charge on any atom is 0.292 e.